The van der Waals surface area contributed by atoms with Gasteiger partial charge in [-0.2, -0.15) is 0 Å². The zero-order chi connectivity index (χ0) is 15.7. The van der Waals surface area contributed by atoms with Gasteiger partial charge in [0.15, 0.2) is 0 Å². The molecule has 1 N–H and O–H groups in total. The summed E-state index contributed by atoms with van der Waals surface area (Å²) in [4.78, 5) is 27.1. The molecule has 2 saturated carbocycles. The quantitative estimate of drug-likeness (QED) is 0.689. The molecule has 0 spiro atoms. The summed E-state index contributed by atoms with van der Waals surface area (Å²) >= 11 is 0. The molecule has 6 rings (SSSR count). The van der Waals surface area contributed by atoms with E-state index in [4.69, 9.17) is 0 Å². The topological polar surface area (TPSA) is 49.4 Å². The molecule has 4 heteroatoms. The third-order valence-corrected chi connectivity index (χ3v) is 6.21. The number of hydrogen-bond donors (Lipinski definition) is 1. The van der Waals surface area contributed by atoms with Crippen LogP contribution in [0.3, 0.4) is 0 Å². The average molecular weight is 308 g/mol. The highest BCUT2D eigenvalue weighted by Crippen LogP contribution is 2.65. The molecule has 0 unspecified atom stereocenters. The molecule has 4 aliphatic carbocycles. The van der Waals surface area contributed by atoms with Crippen molar-refractivity contribution in [3.8, 4) is 0 Å². The standard InChI is InChI=1S/C19H20N2O2/c1-10-3-2-4-11(7-10)20-9-21-18(22)16-12-5-6-13(15-8-14(12)15)17(16)19(21)23/h2-7,12-17,20H,8-9H2,1H3/t12-,13-,14-,15+,16-,17+/m0/s1. The Morgan fingerprint density at radius 3 is 2.35 bits per heavy atom. The molecule has 2 bridgehead atoms. The smallest absolute Gasteiger partial charge is 0.235 e. The summed E-state index contributed by atoms with van der Waals surface area (Å²) in [6.45, 7) is 2.31. The number of imide groups is 1. The second kappa shape index (κ2) is 4.47. The van der Waals surface area contributed by atoms with Crippen molar-refractivity contribution in [2.24, 2.45) is 35.5 Å². The van der Waals surface area contributed by atoms with Gasteiger partial charge in [0.1, 0.15) is 0 Å². The lowest BCUT2D eigenvalue weighted by Gasteiger charge is -2.37. The molecule has 2 amide bonds. The van der Waals surface area contributed by atoms with Crippen molar-refractivity contribution in [1.82, 2.24) is 4.90 Å². The van der Waals surface area contributed by atoms with E-state index in [9.17, 15) is 9.59 Å². The molecule has 5 aliphatic rings. The number of carbonyl (C=O) groups excluding carboxylic acids is 2. The number of likely N-dealkylation sites (tertiary alicyclic amines) is 1. The number of nitrogens with zero attached hydrogens (tertiary/aromatic N) is 1. The fraction of sp³-hybridized carbons (Fsp3) is 0.474. The maximum Gasteiger partial charge on any atom is 0.235 e. The van der Waals surface area contributed by atoms with Crippen LogP contribution in [0.15, 0.2) is 36.4 Å². The zero-order valence-corrected chi connectivity index (χ0v) is 13.1. The molecular formula is C19H20N2O2. The Morgan fingerprint density at radius 1 is 1.09 bits per heavy atom. The van der Waals surface area contributed by atoms with E-state index < -0.39 is 0 Å². The lowest BCUT2D eigenvalue weighted by atomic mass is 9.63. The molecule has 4 nitrogen and oxygen atoms in total. The van der Waals surface area contributed by atoms with Crippen molar-refractivity contribution in [2.75, 3.05) is 12.0 Å². The number of carbonyl (C=O) groups is 2. The van der Waals surface area contributed by atoms with Gasteiger partial charge in [0.05, 0.1) is 18.5 Å². The second-order valence-electron chi connectivity index (χ2n) is 7.46. The third kappa shape index (κ3) is 1.78. The van der Waals surface area contributed by atoms with Crippen LogP contribution in [0.2, 0.25) is 0 Å². The summed E-state index contributed by atoms with van der Waals surface area (Å²) in [5, 5.41) is 3.23. The molecule has 23 heavy (non-hydrogen) atoms. The summed E-state index contributed by atoms with van der Waals surface area (Å²) in [6, 6.07) is 7.99. The summed E-state index contributed by atoms with van der Waals surface area (Å²) in [6.07, 6.45) is 5.63. The number of rotatable bonds is 3. The van der Waals surface area contributed by atoms with Crippen LogP contribution < -0.4 is 5.32 Å². The highest BCUT2D eigenvalue weighted by molar-refractivity contribution is 6.06. The van der Waals surface area contributed by atoms with Gasteiger partial charge in [0.25, 0.3) is 0 Å². The molecule has 1 aromatic rings. The van der Waals surface area contributed by atoms with Gasteiger partial charge in [-0.25, -0.2) is 0 Å². The largest absolute Gasteiger partial charge is 0.367 e. The minimum atomic E-state index is -0.0967. The van der Waals surface area contributed by atoms with Crippen molar-refractivity contribution >= 4 is 17.5 Å². The maximum absolute atomic E-state index is 12.8. The van der Waals surface area contributed by atoms with E-state index >= 15 is 0 Å². The lowest BCUT2D eigenvalue weighted by Crippen LogP contribution is -2.40. The predicted octanol–water partition coefficient (Wildman–Crippen LogP) is 2.42. The van der Waals surface area contributed by atoms with Gasteiger partial charge in [0, 0.05) is 5.69 Å². The van der Waals surface area contributed by atoms with E-state index in [-0.39, 0.29) is 30.3 Å². The summed E-state index contributed by atoms with van der Waals surface area (Å²) < 4.78 is 0. The fourth-order valence-electron chi connectivity index (χ4n) is 5.10. The van der Waals surface area contributed by atoms with E-state index in [1.165, 1.54) is 11.3 Å². The molecule has 0 aromatic heterocycles. The first kappa shape index (κ1) is 13.3. The van der Waals surface area contributed by atoms with Gasteiger partial charge >= 0.3 is 0 Å². The number of aryl methyl sites for hydroxylation is 1. The molecular weight excluding hydrogens is 288 g/mol. The molecule has 1 aromatic carbocycles. The first-order valence-corrected chi connectivity index (χ1v) is 8.49. The molecule has 6 atom stereocenters. The first-order chi connectivity index (χ1) is 11.1. The highest BCUT2D eigenvalue weighted by Gasteiger charge is 2.66. The van der Waals surface area contributed by atoms with Crippen molar-refractivity contribution in [2.45, 2.75) is 13.3 Å². The van der Waals surface area contributed by atoms with Gasteiger partial charge < -0.3 is 5.32 Å². The Hall–Kier alpha value is -2.10. The van der Waals surface area contributed by atoms with Crippen LogP contribution >= 0.6 is 0 Å². The van der Waals surface area contributed by atoms with Gasteiger partial charge in [0.2, 0.25) is 11.8 Å². The summed E-state index contributed by atoms with van der Waals surface area (Å²) in [7, 11) is 0. The Kier molecular flexibility index (Phi) is 2.59. The number of amides is 2. The van der Waals surface area contributed by atoms with Crippen molar-refractivity contribution < 1.29 is 9.59 Å². The molecule has 0 radical (unpaired) electrons. The summed E-state index contributed by atoms with van der Waals surface area (Å²) in [5.74, 6) is 1.79. The van der Waals surface area contributed by atoms with E-state index in [0.29, 0.717) is 23.7 Å². The number of hydrogen-bond acceptors (Lipinski definition) is 3. The normalized spacial score (nSPS) is 39.4. The van der Waals surface area contributed by atoms with Gasteiger partial charge in [-0.15, -0.1) is 0 Å². The zero-order valence-electron chi connectivity index (χ0n) is 13.1. The molecule has 1 heterocycles. The van der Waals surface area contributed by atoms with Crippen LogP contribution in [0.25, 0.3) is 0 Å². The molecule has 1 aliphatic heterocycles. The molecule has 3 fully saturated rings. The highest BCUT2D eigenvalue weighted by atomic mass is 16.2. The average Bonchev–Trinajstić information content (AvgIpc) is 3.32. The number of anilines is 1. The second-order valence-corrected chi connectivity index (χ2v) is 7.46. The van der Waals surface area contributed by atoms with Crippen molar-refractivity contribution in [1.29, 1.82) is 0 Å². The third-order valence-electron chi connectivity index (χ3n) is 6.21. The van der Waals surface area contributed by atoms with Crippen LogP contribution in [-0.4, -0.2) is 23.4 Å². The van der Waals surface area contributed by atoms with Crippen molar-refractivity contribution in [3.05, 3.63) is 42.0 Å². The first-order valence-electron chi connectivity index (χ1n) is 8.49. The van der Waals surface area contributed by atoms with Gasteiger partial charge in [-0.05, 0) is 54.7 Å². The summed E-state index contributed by atoms with van der Waals surface area (Å²) in [5.41, 5.74) is 2.11. The van der Waals surface area contributed by atoms with E-state index in [0.717, 1.165) is 11.3 Å². The van der Waals surface area contributed by atoms with E-state index in [1.807, 2.05) is 31.2 Å². The molecule has 118 valence electrons. The van der Waals surface area contributed by atoms with Crippen LogP contribution in [-0.2, 0) is 9.59 Å². The Balaban J connectivity index is 1.37. The molecule has 1 saturated heterocycles. The SMILES string of the molecule is Cc1cccc(NCN2C(=O)[C@@H]3[C@H]4C=C[C@@H]([C@@H]5C[C@H]45)[C@@H]3C2=O)c1. The van der Waals surface area contributed by atoms with Crippen LogP contribution in [0.5, 0.6) is 0 Å². The van der Waals surface area contributed by atoms with E-state index in [2.05, 4.69) is 17.5 Å². The lowest BCUT2D eigenvalue weighted by molar-refractivity contribution is -0.139. The number of nitrogens with one attached hydrogen (secondary N) is 1. The van der Waals surface area contributed by atoms with E-state index in [1.54, 1.807) is 0 Å². The van der Waals surface area contributed by atoms with Crippen LogP contribution in [0.4, 0.5) is 5.69 Å². The number of allylic oxidation sites excluding steroid dienone is 2. The number of benzene rings is 1. The van der Waals surface area contributed by atoms with Crippen molar-refractivity contribution in [3.63, 3.8) is 0 Å². The minimum absolute atomic E-state index is 0.0323. The van der Waals surface area contributed by atoms with Crippen LogP contribution in [0.1, 0.15) is 12.0 Å². The van der Waals surface area contributed by atoms with Gasteiger partial charge in [-0.3, -0.25) is 14.5 Å². The predicted molar refractivity (Wildman–Crippen MR) is 86.2 cm³/mol. The monoisotopic (exact) mass is 308 g/mol. The van der Waals surface area contributed by atoms with Gasteiger partial charge in [-0.1, -0.05) is 24.3 Å². The fourth-order valence-corrected chi connectivity index (χ4v) is 5.10. The minimum Gasteiger partial charge on any atom is -0.367 e. The Labute approximate surface area is 135 Å². The Morgan fingerprint density at radius 2 is 1.74 bits per heavy atom. The van der Waals surface area contributed by atoms with Crippen LogP contribution in [0, 0.1) is 42.4 Å². The Bertz CT molecular complexity index is 705. The maximum atomic E-state index is 12.8.